The van der Waals surface area contributed by atoms with Crippen LogP contribution in [0.1, 0.15) is 37.3 Å². The maximum atomic E-state index is 5.97. The van der Waals surface area contributed by atoms with Crippen LogP contribution in [0.2, 0.25) is 0 Å². The van der Waals surface area contributed by atoms with Gasteiger partial charge in [-0.1, -0.05) is 17.7 Å². The number of ether oxygens (including phenoxy) is 3. The summed E-state index contributed by atoms with van der Waals surface area (Å²) in [6, 6.07) is 6.31. The molecule has 1 aromatic carbocycles. The number of nitrogens with zero attached hydrogens (tertiary/aromatic N) is 2. The van der Waals surface area contributed by atoms with Gasteiger partial charge in [0.25, 0.3) is 0 Å². The van der Waals surface area contributed by atoms with Gasteiger partial charge < -0.3 is 24.4 Å². The van der Waals surface area contributed by atoms with Gasteiger partial charge in [-0.05, 0) is 51.2 Å². The van der Waals surface area contributed by atoms with Gasteiger partial charge in [0.2, 0.25) is 0 Å². The molecule has 6 nitrogen and oxygen atoms in total. The zero-order valence-corrected chi connectivity index (χ0v) is 20.7. The van der Waals surface area contributed by atoms with E-state index in [2.05, 4.69) is 36.2 Å². The summed E-state index contributed by atoms with van der Waals surface area (Å²) in [6.07, 6.45) is 4.28. The molecule has 0 aromatic heterocycles. The highest BCUT2D eigenvalue weighted by atomic mass is 127. The van der Waals surface area contributed by atoms with E-state index in [1.807, 2.05) is 6.07 Å². The largest absolute Gasteiger partial charge is 0.496 e. The van der Waals surface area contributed by atoms with Crippen molar-refractivity contribution in [2.75, 3.05) is 53.6 Å². The van der Waals surface area contributed by atoms with E-state index in [1.165, 1.54) is 11.1 Å². The average Bonchev–Trinajstić information content (AvgIpc) is 2.71. The van der Waals surface area contributed by atoms with Crippen LogP contribution in [-0.2, 0) is 15.9 Å². The molecule has 2 rings (SSSR count). The first-order valence-electron chi connectivity index (χ1n) is 10.4. The number of hydrogen-bond donors (Lipinski definition) is 1. The molecule has 1 N–H and O–H groups in total. The summed E-state index contributed by atoms with van der Waals surface area (Å²) in [6.45, 7) is 9.36. The summed E-state index contributed by atoms with van der Waals surface area (Å²) < 4.78 is 16.5. The Labute approximate surface area is 193 Å². The quantitative estimate of drug-likeness (QED) is 0.222. The number of likely N-dealkylation sites (tertiary alicyclic amines) is 1. The van der Waals surface area contributed by atoms with E-state index >= 15 is 0 Å². The summed E-state index contributed by atoms with van der Waals surface area (Å²) in [7, 11) is 3.46. The predicted molar refractivity (Wildman–Crippen MR) is 130 cm³/mol. The van der Waals surface area contributed by atoms with Gasteiger partial charge in [0.15, 0.2) is 5.96 Å². The number of aliphatic imine (C=N–C) groups is 1. The number of benzene rings is 1. The fourth-order valence-electron chi connectivity index (χ4n) is 3.50. The average molecular weight is 519 g/mol. The smallest absolute Gasteiger partial charge is 0.193 e. The first-order chi connectivity index (χ1) is 13.7. The molecule has 166 valence electrons. The van der Waals surface area contributed by atoms with E-state index in [4.69, 9.17) is 19.2 Å². The molecule has 1 aliphatic heterocycles. The summed E-state index contributed by atoms with van der Waals surface area (Å²) in [5, 5.41) is 3.44. The highest BCUT2D eigenvalue weighted by Crippen LogP contribution is 2.20. The van der Waals surface area contributed by atoms with Crippen LogP contribution in [-0.4, -0.2) is 70.6 Å². The van der Waals surface area contributed by atoms with Crippen molar-refractivity contribution in [2.45, 2.75) is 45.6 Å². The van der Waals surface area contributed by atoms with Gasteiger partial charge in [-0.25, -0.2) is 0 Å². The van der Waals surface area contributed by atoms with Crippen LogP contribution < -0.4 is 10.1 Å². The Kier molecular flexibility index (Phi) is 13.3. The molecule has 0 atom stereocenters. The van der Waals surface area contributed by atoms with Crippen molar-refractivity contribution in [2.24, 2.45) is 4.99 Å². The van der Waals surface area contributed by atoms with Gasteiger partial charge in [0.05, 0.1) is 13.2 Å². The van der Waals surface area contributed by atoms with E-state index in [-0.39, 0.29) is 24.0 Å². The lowest BCUT2D eigenvalue weighted by atomic mass is 10.1. The Hall–Kier alpha value is -1.06. The fourth-order valence-corrected chi connectivity index (χ4v) is 3.50. The number of methoxy groups -OCH3 is 2. The van der Waals surface area contributed by atoms with E-state index in [1.54, 1.807) is 14.2 Å². The Morgan fingerprint density at radius 1 is 1.21 bits per heavy atom. The molecule has 1 heterocycles. The third kappa shape index (κ3) is 9.09. The summed E-state index contributed by atoms with van der Waals surface area (Å²) in [4.78, 5) is 7.22. The molecule has 7 heteroatoms. The number of piperidine rings is 1. The van der Waals surface area contributed by atoms with Crippen molar-refractivity contribution >= 4 is 29.9 Å². The molecule has 0 bridgehead atoms. The normalized spacial score (nSPS) is 15.2. The number of rotatable bonds is 10. The lowest BCUT2D eigenvalue weighted by Gasteiger charge is -2.34. The molecule has 0 saturated carbocycles. The first kappa shape index (κ1) is 26.0. The van der Waals surface area contributed by atoms with E-state index in [0.29, 0.717) is 6.10 Å². The Balaban J connectivity index is 0.00000420. The third-order valence-corrected chi connectivity index (χ3v) is 5.00. The summed E-state index contributed by atoms with van der Waals surface area (Å²) >= 11 is 0. The standard InChI is InChI=1S/C22H37N3O3.HI/c1-5-23-22(24-12-9-19-17-18(2)7-8-21(19)27-4)25-13-10-20(11-14-25)28-16-6-15-26-3;/h7-8,17,20H,5-6,9-16H2,1-4H3,(H,23,24);1H. The molecule has 0 aliphatic carbocycles. The van der Waals surface area contributed by atoms with Crippen molar-refractivity contribution in [1.29, 1.82) is 0 Å². The molecule has 0 radical (unpaired) electrons. The number of halogens is 1. The van der Waals surface area contributed by atoms with Crippen molar-refractivity contribution in [3.05, 3.63) is 29.3 Å². The number of aryl methyl sites for hydroxylation is 1. The van der Waals surface area contributed by atoms with Gasteiger partial charge in [-0.15, -0.1) is 24.0 Å². The first-order valence-corrected chi connectivity index (χ1v) is 10.4. The minimum Gasteiger partial charge on any atom is -0.496 e. The second-order valence-corrected chi connectivity index (χ2v) is 7.20. The molecule has 1 aliphatic rings. The lowest BCUT2D eigenvalue weighted by molar-refractivity contribution is 0.00991. The second-order valence-electron chi connectivity index (χ2n) is 7.20. The molecular weight excluding hydrogens is 481 g/mol. The molecule has 29 heavy (non-hydrogen) atoms. The molecule has 0 unspecified atom stereocenters. The number of nitrogens with one attached hydrogen (secondary N) is 1. The van der Waals surface area contributed by atoms with Crippen molar-refractivity contribution in [3.8, 4) is 5.75 Å². The molecule has 1 fully saturated rings. The highest BCUT2D eigenvalue weighted by Gasteiger charge is 2.21. The van der Waals surface area contributed by atoms with E-state index in [0.717, 1.165) is 76.8 Å². The summed E-state index contributed by atoms with van der Waals surface area (Å²) in [5.74, 6) is 1.95. The minimum atomic E-state index is 0. The van der Waals surface area contributed by atoms with Gasteiger partial charge in [0.1, 0.15) is 5.75 Å². The maximum absolute atomic E-state index is 5.97. The molecule has 0 amide bonds. The highest BCUT2D eigenvalue weighted by molar-refractivity contribution is 14.0. The topological polar surface area (TPSA) is 55.3 Å². The Morgan fingerprint density at radius 3 is 2.62 bits per heavy atom. The fraction of sp³-hybridized carbons (Fsp3) is 0.682. The Morgan fingerprint density at radius 2 is 1.97 bits per heavy atom. The van der Waals surface area contributed by atoms with E-state index in [9.17, 15) is 0 Å². The van der Waals surface area contributed by atoms with Crippen LogP contribution in [0.25, 0.3) is 0 Å². The lowest BCUT2D eigenvalue weighted by Crippen LogP contribution is -2.47. The molecular formula is C22H38IN3O3. The Bertz CT molecular complexity index is 605. The van der Waals surface area contributed by atoms with Gasteiger partial charge in [0, 0.05) is 46.5 Å². The molecule has 1 aromatic rings. The zero-order valence-electron chi connectivity index (χ0n) is 18.4. The minimum absolute atomic E-state index is 0. The number of hydrogen-bond acceptors (Lipinski definition) is 4. The van der Waals surface area contributed by atoms with Crippen molar-refractivity contribution in [3.63, 3.8) is 0 Å². The monoisotopic (exact) mass is 519 g/mol. The van der Waals surface area contributed by atoms with Gasteiger partial charge in [-0.3, -0.25) is 4.99 Å². The van der Waals surface area contributed by atoms with Gasteiger partial charge in [-0.2, -0.15) is 0 Å². The predicted octanol–water partition coefficient (Wildman–Crippen LogP) is 3.65. The van der Waals surface area contributed by atoms with Crippen LogP contribution in [0.4, 0.5) is 0 Å². The number of guanidine groups is 1. The van der Waals surface area contributed by atoms with Crippen LogP contribution >= 0.6 is 24.0 Å². The van der Waals surface area contributed by atoms with Crippen LogP contribution in [0.5, 0.6) is 5.75 Å². The zero-order chi connectivity index (χ0) is 20.2. The van der Waals surface area contributed by atoms with Crippen LogP contribution in [0.15, 0.2) is 23.2 Å². The SMILES string of the molecule is CCNC(=NCCc1cc(C)ccc1OC)N1CCC(OCCCOC)CC1.I. The van der Waals surface area contributed by atoms with Gasteiger partial charge >= 0.3 is 0 Å². The third-order valence-electron chi connectivity index (χ3n) is 5.00. The van der Waals surface area contributed by atoms with Crippen molar-refractivity contribution in [1.82, 2.24) is 10.2 Å². The van der Waals surface area contributed by atoms with Crippen molar-refractivity contribution < 1.29 is 14.2 Å². The van der Waals surface area contributed by atoms with E-state index < -0.39 is 0 Å². The maximum Gasteiger partial charge on any atom is 0.193 e. The second kappa shape index (κ2) is 14.8. The summed E-state index contributed by atoms with van der Waals surface area (Å²) in [5.41, 5.74) is 2.46. The molecule has 0 spiro atoms. The molecule has 1 saturated heterocycles. The van der Waals surface area contributed by atoms with Crippen LogP contribution in [0, 0.1) is 6.92 Å². The van der Waals surface area contributed by atoms with Crippen LogP contribution in [0.3, 0.4) is 0 Å².